The van der Waals surface area contributed by atoms with Crippen molar-refractivity contribution in [2.45, 2.75) is 20.3 Å². The molecular formula is C8H17N3O3. The molecule has 0 saturated carbocycles. The third-order valence-corrected chi connectivity index (χ3v) is 0.550. The lowest BCUT2D eigenvalue weighted by atomic mass is 10.5. The van der Waals surface area contributed by atoms with E-state index in [0.29, 0.717) is 6.42 Å². The van der Waals surface area contributed by atoms with E-state index in [1.165, 1.54) is 6.92 Å². The number of amides is 3. The monoisotopic (exact) mass is 203 g/mol. The van der Waals surface area contributed by atoms with E-state index in [0.717, 1.165) is 6.08 Å². The molecule has 0 rings (SSSR count). The van der Waals surface area contributed by atoms with Crippen LogP contribution in [0.5, 0.6) is 0 Å². The van der Waals surface area contributed by atoms with Crippen molar-refractivity contribution >= 4 is 17.7 Å². The highest BCUT2D eigenvalue weighted by atomic mass is 16.1. The zero-order valence-corrected chi connectivity index (χ0v) is 8.45. The van der Waals surface area contributed by atoms with Crippen molar-refractivity contribution < 1.29 is 14.4 Å². The fourth-order valence-electron chi connectivity index (χ4n) is 0. The second-order valence-electron chi connectivity index (χ2n) is 2.04. The maximum absolute atomic E-state index is 9.59. The SMILES string of the molecule is C=CC(N)=O.CC(N)=O.CCC(N)=O. The van der Waals surface area contributed by atoms with Crippen LogP contribution in [0.1, 0.15) is 20.3 Å². The van der Waals surface area contributed by atoms with Gasteiger partial charge in [0.1, 0.15) is 0 Å². The van der Waals surface area contributed by atoms with Gasteiger partial charge in [0.15, 0.2) is 0 Å². The maximum Gasteiger partial charge on any atom is 0.240 e. The van der Waals surface area contributed by atoms with Gasteiger partial charge in [-0.05, 0) is 6.08 Å². The summed E-state index contributed by atoms with van der Waals surface area (Å²) in [5.74, 6) is -1.06. The zero-order chi connectivity index (χ0) is 12.1. The molecule has 0 aromatic heterocycles. The number of hydrogen-bond donors (Lipinski definition) is 3. The molecule has 3 amide bonds. The van der Waals surface area contributed by atoms with E-state index in [9.17, 15) is 14.4 Å². The molecule has 0 aliphatic rings. The van der Waals surface area contributed by atoms with E-state index >= 15 is 0 Å². The third kappa shape index (κ3) is 184. The van der Waals surface area contributed by atoms with Crippen molar-refractivity contribution in [2.24, 2.45) is 17.2 Å². The minimum absolute atomic E-state index is 0.245. The van der Waals surface area contributed by atoms with Gasteiger partial charge in [0.25, 0.3) is 0 Å². The molecule has 82 valence electrons. The highest BCUT2D eigenvalue weighted by molar-refractivity contribution is 5.84. The Labute approximate surface area is 83.1 Å². The van der Waals surface area contributed by atoms with Crippen molar-refractivity contribution in [3.8, 4) is 0 Å². The van der Waals surface area contributed by atoms with Crippen molar-refractivity contribution in [3.05, 3.63) is 12.7 Å². The first-order valence-electron chi connectivity index (χ1n) is 3.74. The molecule has 0 atom stereocenters. The van der Waals surface area contributed by atoms with Crippen molar-refractivity contribution in [1.29, 1.82) is 0 Å². The quantitative estimate of drug-likeness (QED) is 0.499. The highest BCUT2D eigenvalue weighted by Gasteiger charge is 1.77. The van der Waals surface area contributed by atoms with E-state index in [-0.39, 0.29) is 11.8 Å². The minimum atomic E-state index is -0.481. The Morgan fingerprint density at radius 2 is 1.36 bits per heavy atom. The molecule has 0 aromatic carbocycles. The van der Waals surface area contributed by atoms with Crippen LogP contribution in [0.25, 0.3) is 0 Å². The Morgan fingerprint density at radius 3 is 1.36 bits per heavy atom. The van der Waals surface area contributed by atoms with Gasteiger partial charge in [-0.15, -0.1) is 0 Å². The molecule has 0 heterocycles. The normalized spacial score (nSPS) is 6.71. The van der Waals surface area contributed by atoms with Crippen LogP contribution in [0.3, 0.4) is 0 Å². The molecule has 0 spiro atoms. The number of hydrogen-bond acceptors (Lipinski definition) is 3. The molecule has 0 saturated heterocycles. The summed E-state index contributed by atoms with van der Waals surface area (Å²) in [6.45, 7) is 6.12. The Hall–Kier alpha value is -1.85. The average Bonchev–Trinajstić information content (AvgIpc) is 2.04. The molecule has 6 heteroatoms. The number of rotatable bonds is 2. The lowest BCUT2D eigenvalue weighted by Crippen LogP contribution is -2.06. The smallest absolute Gasteiger partial charge is 0.240 e. The van der Waals surface area contributed by atoms with Crippen LogP contribution >= 0.6 is 0 Å². The molecular weight excluding hydrogens is 186 g/mol. The van der Waals surface area contributed by atoms with Crippen molar-refractivity contribution in [3.63, 3.8) is 0 Å². The van der Waals surface area contributed by atoms with Crippen LogP contribution in [-0.2, 0) is 14.4 Å². The third-order valence-electron chi connectivity index (χ3n) is 0.550. The summed E-state index contributed by atoms with van der Waals surface area (Å²) in [7, 11) is 0. The fraction of sp³-hybridized carbons (Fsp3) is 0.375. The van der Waals surface area contributed by atoms with Gasteiger partial charge in [0, 0.05) is 13.3 Å². The lowest BCUT2D eigenvalue weighted by molar-refractivity contribution is -0.118. The lowest BCUT2D eigenvalue weighted by Gasteiger charge is -1.73. The summed E-state index contributed by atoms with van der Waals surface area (Å²) in [5.41, 5.74) is 13.7. The first-order chi connectivity index (χ1) is 6.27. The van der Waals surface area contributed by atoms with Gasteiger partial charge in [-0.1, -0.05) is 13.5 Å². The first kappa shape index (κ1) is 18.0. The molecule has 0 bridgehead atoms. The summed E-state index contributed by atoms with van der Waals surface area (Å²) in [6.07, 6.45) is 1.50. The van der Waals surface area contributed by atoms with E-state index in [2.05, 4.69) is 23.8 Å². The second kappa shape index (κ2) is 13.7. The zero-order valence-electron chi connectivity index (χ0n) is 8.45. The molecule has 0 aromatic rings. The summed E-state index contributed by atoms with van der Waals surface area (Å²) >= 11 is 0. The number of primary amides is 3. The Balaban J connectivity index is -0.000000131. The van der Waals surface area contributed by atoms with Gasteiger partial charge in [0.05, 0.1) is 0 Å². The summed E-state index contributed by atoms with van der Waals surface area (Å²) in [4.78, 5) is 28.3. The summed E-state index contributed by atoms with van der Waals surface area (Å²) in [6, 6.07) is 0. The molecule has 14 heavy (non-hydrogen) atoms. The number of carbonyl (C=O) groups excluding carboxylic acids is 3. The summed E-state index contributed by atoms with van der Waals surface area (Å²) < 4.78 is 0. The molecule has 6 nitrogen and oxygen atoms in total. The van der Waals surface area contributed by atoms with E-state index < -0.39 is 5.91 Å². The standard InChI is InChI=1S/C3H7NO.C3H5NO.C2H5NO/c2*1-2-3(4)5;1-2(3)4/h2H2,1H3,(H2,4,5);2H,1H2,(H2,4,5);1H3,(H2,3,4). The highest BCUT2D eigenvalue weighted by Crippen LogP contribution is 1.63. The van der Waals surface area contributed by atoms with Gasteiger partial charge >= 0.3 is 0 Å². The molecule has 0 unspecified atom stereocenters. The fourth-order valence-corrected chi connectivity index (χ4v) is 0. The molecule has 0 aliphatic carbocycles. The Kier molecular flexibility index (Phi) is 17.7. The first-order valence-corrected chi connectivity index (χ1v) is 3.74. The van der Waals surface area contributed by atoms with Crippen LogP contribution in [0.15, 0.2) is 12.7 Å². The Bertz CT molecular complexity index is 198. The predicted octanol–water partition coefficient (Wildman–Crippen LogP) is -0.969. The largest absolute Gasteiger partial charge is 0.370 e. The predicted molar refractivity (Wildman–Crippen MR) is 53.7 cm³/mol. The van der Waals surface area contributed by atoms with Gasteiger partial charge in [-0.25, -0.2) is 0 Å². The number of carbonyl (C=O) groups is 3. The van der Waals surface area contributed by atoms with Crippen LogP contribution in [-0.4, -0.2) is 17.7 Å². The van der Waals surface area contributed by atoms with Crippen LogP contribution in [0.2, 0.25) is 0 Å². The van der Waals surface area contributed by atoms with Crippen LogP contribution in [0, 0.1) is 0 Å². The van der Waals surface area contributed by atoms with Crippen molar-refractivity contribution in [1.82, 2.24) is 0 Å². The van der Waals surface area contributed by atoms with E-state index in [4.69, 9.17) is 0 Å². The summed E-state index contributed by atoms with van der Waals surface area (Å²) in [5, 5.41) is 0. The van der Waals surface area contributed by atoms with E-state index in [1.54, 1.807) is 6.92 Å². The second-order valence-corrected chi connectivity index (χ2v) is 2.04. The van der Waals surface area contributed by atoms with Gasteiger partial charge in [-0.3, -0.25) is 14.4 Å². The van der Waals surface area contributed by atoms with Crippen LogP contribution in [0.4, 0.5) is 0 Å². The maximum atomic E-state index is 9.59. The molecule has 0 radical (unpaired) electrons. The average molecular weight is 203 g/mol. The molecule has 6 N–H and O–H groups in total. The van der Waals surface area contributed by atoms with Gasteiger partial charge in [0.2, 0.25) is 17.7 Å². The topological polar surface area (TPSA) is 129 Å². The molecule has 0 aliphatic heterocycles. The minimum Gasteiger partial charge on any atom is -0.370 e. The van der Waals surface area contributed by atoms with E-state index in [1.807, 2.05) is 0 Å². The van der Waals surface area contributed by atoms with Gasteiger partial charge < -0.3 is 17.2 Å². The Morgan fingerprint density at radius 1 is 1.21 bits per heavy atom. The number of nitrogens with two attached hydrogens (primary N) is 3. The van der Waals surface area contributed by atoms with Gasteiger partial charge in [-0.2, -0.15) is 0 Å². The van der Waals surface area contributed by atoms with Crippen molar-refractivity contribution in [2.75, 3.05) is 0 Å². The molecule has 0 fully saturated rings. The van der Waals surface area contributed by atoms with Crippen LogP contribution < -0.4 is 17.2 Å².